The van der Waals surface area contributed by atoms with Crippen LogP contribution in [0.25, 0.3) is 108 Å². The van der Waals surface area contributed by atoms with E-state index in [4.69, 9.17) is 19.9 Å². The van der Waals surface area contributed by atoms with Gasteiger partial charge in [-0.1, -0.05) is 171 Å². The van der Waals surface area contributed by atoms with Crippen molar-refractivity contribution in [2.45, 2.75) is 12.8 Å². The van der Waals surface area contributed by atoms with Gasteiger partial charge in [0, 0.05) is 23.3 Å². The molecule has 11 rings (SSSR count). The van der Waals surface area contributed by atoms with Crippen LogP contribution < -0.4 is 9.97 Å². The monoisotopic (exact) mass is 954 g/mol. The van der Waals surface area contributed by atoms with Gasteiger partial charge in [-0.15, -0.1) is 41.7 Å². The Hall–Kier alpha value is -6.94. The van der Waals surface area contributed by atoms with Crippen LogP contribution in [0.3, 0.4) is 0 Å². The van der Waals surface area contributed by atoms with Crippen LogP contribution in [-0.2, 0) is 34.1 Å². The molecule has 7 aromatic rings. The van der Waals surface area contributed by atoms with Crippen LogP contribution in [-0.4, -0.2) is 42.0 Å². The topological polar surface area (TPSA) is 140 Å². The normalized spacial score (nSPS) is 14.0. The van der Waals surface area contributed by atoms with E-state index in [1.165, 1.54) is 0 Å². The summed E-state index contributed by atoms with van der Waals surface area (Å²) in [6.45, 7) is 2.68. The number of aromatic nitrogens is 4. The van der Waals surface area contributed by atoms with Crippen LogP contribution in [0, 0.1) is 5.92 Å². The summed E-state index contributed by atoms with van der Waals surface area (Å²) in [4.78, 5) is 21.2. The van der Waals surface area contributed by atoms with Crippen LogP contribution in [0.1, 0.15) is 35.6 Å². The Morgan fingerprint density at radius 1 is 0.478 bits per heavy atom. The number of nitrogens with zero attached hydrogens (tertiary/aromatic N) is 8. The molecular weight excluding hydrogens is 909 g/mol. The summed E-state index contributed by atoms with van der Waals surface area (Å²) < 4.78 is 0. The second-order valence-corrected chi connectivity index (χ2v) is 15.7. The van der Waals surface area contributed by atoms with Gasteiger partial charge in [-0.3, -0.25) is 0 Å². The number of hydrogen-bond acceptors (Lipinski definition) is 4. The summed E-state index contributed by atoms with van der Waals surface area (Å²) in [6.07, 6.45) is 20.1. The number of rotatable bonds is 7. The quantitative estimate of drug-likeness (QED) is 0.0891. The summed E-state index contributed by atoms with van der Waals surface area (Å²) in [5.74, 6) is 0.556. The molecule has 0 aliphatic carbocycles. The number of hydrogen-bond donors (Lipinski definition) is 0. The predicted octanol–water partition coefficient (Wildman–Crippen LogP) is 13.9. The summed E-state index contributed by atoms with van der Waals surface area (Å²) in [6, 6.07) is 50.0. The van der Waals surface area contributed by atoms with Crippen LogP contribution in [0.15, 0.2) is 180 Å². The van der Waals surface area contributed by atoms with Crippen LogP contribution in [0.4, 0.5) is 0 Å². The Labute approximate surface area is 412 Å². The first-order valence-corrected chi connectivity index (χ1v) is 21.8. The van der Waals surface area contributed by atoms with Crippen molar-refractivity contribution >= 4 is 58.8 Å². The van der Waals surface area contributed by atoms with Crippen molar-refractivity contribution < 1.29 is 34.1 Å². The third kappa shape index (κ3) is 11.0. The molecule has 2 N–H and O–H groups in total. The fourth-order valence-electron chi connectivity index (χ4n) is 8.36. The first-order chi connectivity index (χ1) is 31.7. The number of benzene rings is 4. The fourth-order valence-corrected chi connectivity index (χ4v) is 8.36. The molecule has 2 radical (unpaired) electrons. The van der Waals surface area contributed by atoms with Crippen molar-refractivity contribution in [3.8, 4) is 44.5 Å². The van der Waals surface area contributed by atoms with E-state index in [0.29, 0.717) is 5.92 Å². The van der Waals surface area contributed by atoms with E-state index in [2.05, 4.69) is 166 Å². The Morgan fingerprint density at radius 2 is 0.851 bits per heavy atom. The second-order valence-electron chi connectivity index (χ2n) is 15.7. The maximum atomic E-state index is 5.31. The number of piperidine rings is 1. The van der Waals surface area contributed by atoms with Crippen LogP contribution in [0.2, 0.25) is 0 Å². The molecule has 0 unspecified atom stereocenters. The van der Waals surface area contributed by atoms with Crippen molar-refractivity contribution in [1.29, 1.82) is 0 Å². The molecule has 4 aromatic carbocycles. The maximum absolute atomic E-state index is 5.31. The van der Waals surface area contributed by atoms with Gasteiger partial charge >= 0.3 is 17.1 Å². The zero-order chi connectivity index (χ0) is 42.9. The average Bonchev–Trinajstić information content (AvgIpc) is 4.22. The molecule has 9 nitrogen and oxygen atoms in total. The molecule has 8 bridgehead atoms. The molecule has 0 saturated carbocycles. The zero-order valence-electron chi connectivity index (χ0n) is 36.6. The molecule has 0 amide bonds. The van der Waals surface area contributed by atoms with E-state index in [-0.39, 0.29) is 40.3 Å². The Balaban J connectivity index is 0.000000299. The molecule has 7 heterocycles. The molecule has 332 valence electrons. The van der Waals surface area contributed by atoms with Crippen molar-refractivity contribution in [2.24, 2.45) is 16.1 Å². The Bertz CT molecular complexity index is 2780. The van der Waals surface area contributed by atoms with E-state index in [0.717, 1.165) is 127 Å². The van der Waals surface area contributed by atoms with Gasteiger partial charge in [-0.25, -0.2) is 9.97 Å². The summed E-state index contributed by atoms with van der Waals surface area (Å²) in [7, 11) is 0. The van der Waals surface area contributed by atoms with Crippen LogP contribution in [0.5, 0.6) is 0 Å². The number of allylic oxidation sites excluding steroid dienone is 2. The summed E-state index contributed by atoms with van der Waals surface area (Å²) in [5.41, 5.74) is 16.1. The van der Waals surface area contributed by atoms with E-state index < -0.39 is 0 Å². The average molecular weight is 955 g/mol. The van der Waals surface area contributed by atoms with E-state index in [1.54, 1.807) is 12.4 Å². The van der Waals surface area contributed by atoms with Gasteiger partial charge in [-0.05, 0) is 80.3 Å². The minimum Gasteiger partial charge on any atom is -0.693 e. The molecule has 4 aliphatic rings. The largest absolute Gasteiger partial charge is 2.00 e. The van der Waals surface area contributed by atoms with Gasteiger partial charge in [0.15, 0.2) is 0 Å². The smallest absolute Gasteiger partial charge is 0.693 e. The first kappa shape index (κ1) is 48.0. The molecule has 3 aromatic heterocycles. The molecule has 1 saturated heterocycles. The van der Waals surface area contributed by atoms with E-state index in [9.17, 15) is 0 Å². The minimum absolute atomic E-state index is 0. The van der Waals surface area contributed by atoms with Crippen molar-refractivity contribution in [3.05, 3.63) is 209 Å². The molecule has 1 fully saturated rings. The molecule has 0 spiro atoms. The van der Waals surface area contributed by atoms with Gasteiger partial charge in [-0.2, -0.15) is 16.4 Å². The van der Waals surface area contributed by atoms with Gasteiger partial charge in [0.25, 0.3) is 0 Å². The minimum atomic E-state index is 0. The van der Waals surface area contributed by atoms with E-state index in [1.807, 2.05) is 42.6 Å². The van der Waals surface area contributed by atoms with Crippen molar-refractivity contribution in [1.82, 2.24) is 19.9 Å². The SMILES string of the molecule is C1=CC(C=NN=CC2CC[N-]CC2)=CC[N-]1.C1=Cc2nc1c(-c1ccccc1)c1ccc([n-]1)c(-c1ccccc1)c1nc(c(-c3ccccc3)c3ccc([n-]3)c2-c2ccccc2)C=C1.[Mn+2].[Mn].[NH2-]. The molecule has 67 heavy (non-hydrogen) atoms. The van der Waals surface area contributed by atoms with Gasteiger partial charge in [0.05, 0.1) is 29.0 Å². The van der Waals surface area contributed by atoms with Gasteiger partial charge in [0.1, 0.15) is 0 Å². The van der Waals surface area contributed by atoms with Gasteiger partial charge in [0.2, 0.25) is 0 Å². The fraction of sp³-hybridized carbons (Fsp3) is 0.107. The third-order valence-electron chi connectivity index (χ3n) is 11.5. The van der Waals surface area contributed by atoms with Gasteiger partial charge < -0.3 is 26.8 Å². The van der Waals surface area contributed by atoms with Crippen molar-refractivity contribution in [3.63, 3.8) is 0 Å². The number of nitrogens with two attached hydrogens (primary N) is 1. The second kappa shape index (κ2) is 23.0. The molecule has 11 heteroatoms. The maximum Gasteiger partial charge on any atom is 2.00 e. The first-order valence-electron chi connectivity index (χ1n) is 21.8. The zero-order valence-corrected chi connectivity index (χ0v) is 38.9. The number of fused-ring (bicyclic) bond motifs is 8. The molecule has 0 atom stereocenters. The molecule has 4 aliphatic heterocycles. The summed E-state index contributed by atoms with van der Waals surface area (Å²) >= 11 is 0. The van der Waals surface area contributed by atoms with Crippen molar-refractivity contribution in [2.75, 3.05) is 19.6 Å². The Kier molecular flexibility index (Phi) is 16.5. The third-order valence-corrected chi connectivity index (χ3v) is 11.5. The van der Waals surface area contributed by atoms with Crippen LogP contribution >= 0.6 is 0 Å². The van der Waals surface area contributed by atoms with E-state index >= 15 is 0 Å². The molecular formula is C56H46Mn2N9-3. The Morgan fingerprint density at radius 3 is 1.19 bits per heavy atom. The predicted molar refractivity (Wildman–Crippen MR) is 272 cm³/mol. The summed E-state index contributed by atoms with van der Waals surface area (Å²) in [5, 5.41) is 16.5. The standard InChI is InChI=1S/C44H28N4.C12H16N4.2Mn.H2N/c1-5-13-29(14-6-1)41-33-21-23-35(45-33)42(30-15-7-2-8-16-30)37-25-27-39(47-37)44(32-19-11-4-12-20-32)40-28-26-38(48-40)43(31-17-9-3-10-18-31)36-24-22-34(41)46-36;1-5-13-6-2-11(1)9-15-16-10-12-3-7-14-8-4-12;;;/h1-28H;1-2,5,9-10,12H,3-4,6-8H2;;;1H2/q2*-2;;+2;-1.